The molecule has 1 aromatic carbocycles. The number of H-pyrrole nitrogens is 1. The summed E-state index contributed by atoms with van der Waals surface area (Å²) in [5, 5.41) is 4.19. The number of halogens is 1. The van der Waals surface area contributed by atoms with Crippen molar-refractivity contribution in [3.63, 3.8) is 0 Å². The van der Waals surface area contributed by atoms with E-state index in [2.05, 4.69) is 44.1 Å². The SMILES string of the molecule is Cc1cc(C#CC2C[C@H]3CC[C@@H](C2)N3C)cc(C(=O)NC(c2cc3ccccc3[nH]2)c2ncn3c2C[C@@H](F)C3)n1. The smallest absolute Gasteiger partial charge is 0.270 e. The Hall–Kier alpha value is -3.96. The van der Waals surface area contributed by atoms with Crippen LogP contribution in [0.15, 0.2) is 48.8 Å². The molecule has 0 saturated carbocycles. The van der Waals surface area contributed by atoms with Gasteiger partial charge in [-0.1, -0.05) is 30.0 Å². The van der Waals surface area contributed by atoms with Gasteiger partial charge in [0, 0.05) is 52.6 Å². The molecule has 4 aromatic rings. The van der Waals surface area contributed by atoms with Crippen LogP contribution < -0.4 is 5.32 Å². The van der Waals surface area contributed by atoms with Crippen LogP contribution in [0.25, 0.3) is 10.9 Å². The molecule has 2 fully saturated rings. The highest BCUT2D eigenvalue weighted by Gasteiger charge is 2.37. The lowest BCUT2D eigenvalue weighted by Gasteiger charge is -2.34. The van der Waals surface area contributed by atoms with Gasteiger partial charge in [-0.15, -0.1) is 0 Å². The summed E-state index contributed by atoms with van der Waals surface area (Å²) in [7, 11) is 2.24. The molecule has 1 amide bonds. The number of hydrogen-bond acceptors (Lipinski definition) is 4. The molecule has 8 heteroatoms. The van der Waals surface area contributed by atoms with Gasteiger partial charge >= 0.3 is 0 Å². The van der Waals surface area contributed by atoms with Gasteiger partial charge in [0.15, 0.2) is 0 Å². The van der Waals surface area contributed by atoms with Crippen molar-refractivity contribution in [2.24, 2.45) is 5.92 Å². The van der Waals surface area contributed by atoms with Gasteiger partial charge < -0.3 is 19.8 Å². The van der Waals surface area contributed by atoms with Gasteiger partial charge in [0.25, 0.3) is 5.91 Å². The molecular formula is C32H33FN6O. The lowest BCUT2D eigenvalue weighted by molar-refractivity contribution is 0.0936. The van der Waals surface area contributed by atoms with E-state index in [1.807, 2.05) is 47.9 Å². The van der Waals surface area contributed by atoms with Gasteiger partial charge in [-0.25, -0.2) is 14.4 Å². The zero-order valence-corrected chi connectivity index (χ0v) is 22.8. The van der Waals surface area contributed by atoms with Crippen molar-refractivity contribution in [1.82, 2.24) is 29.7 Å². The summed E-state index contributed by atoms with van der Waals surface area (Å²) < 4.78 is 16.1. The molecule has 0 spiro atoms. The van der Waals surface area contributed by atoms with E-state index in [4.69, 9.17) is 0 Å². The van der Waals surface area contributed by atoms with Crippen molar-refractivity contribution in [1.29, 1.82) is 0 Å². The van der Waals surface area contributed by atoms with Crippen molar-refractivity contribution < 1.29 is 9.18 Å². The first-order valence-electron chi connectivity index (χ1n) is 14.2. The first kappa shape index (κ1) is 25.0. The summed E-state index contributed by atoms with van der Waals surface area (Å²) in [6.45, 7) is 2.17. The number of rotatable bonds is 4. The predicted octanol–water partition coefficient (Wildman–Crippen LogP) is 4.71. The third-order valence-electron chi connectivity index (χ3n) is 8.90. The molecule has 3 aromatic heterocycles. The minimum atomic E-state index is -0.949. The third kappa shape index (κ3) is 4.58. The largest absolute Gasteiger partial charge is 0.356 e. The molecule has 2 saturated heterocycles. The molecule has 3 aliphatic heterocycles. The zero-order chi connectivity index (χ0) is 27.4. The maximum Gasteiger partial charge on any atom is 0.270 e. The first-order valence-corrected chi connectivity index (χ1v) is 14.2. The number of alkyl halides is 1. The Balaban J connectivity index is 1.18. The van der Waals surface area contributed by atoms with Gasteiger partial charge in [0.05, 0.1) is 18.6 Å². The molecule has 3 aliphatic rings. The number of nitrogens with zero attached hydrogens (tertiary/aromatic N) is 4. The summed E-state index contributed by atoms with van der Waals surface area (Å²) in [5.41, 5.74) is 5.08. The number of aromatic nitrogens is 4. The second-order valence-electron chi connectivity index (χ2n) is 11.6. The Morgan fingerprint density at radius 3 is 2.77 bits per heavy atom. The molecule has 2 N–H and O–H groups in total. The lowest BCUT2D eigenvalue weighted by atomic mass is 9.91. The number of hydrogen-bond donors (Lipinski definition) is 2. The molecule has 5 atom stereocenters. The monoisotopic (exact) mass is 536 g/mol. The topological polar surface area (TPSA) is 78.8 Å². The number of carbonyl (C=O) groups excluding carboxylic acids is 1. The zero-order valence-electron chi connectivity index (χ0n) is 22.8. The van der Waals surface area contributed by atoms with Crippen LogP contribution in [0.5, 0.6) is 0 Å². The molecule has 6 heterocycles. The highest BCUT2D eigenvalue weighted by molar-refractivity contribution is 5.93. The third-order valence-corrected chi connectivity index (χ3v) is 8.90. The van der Waals surface area contributed by atoms with Crippen LogP contribution >= 0.6 is 0 Å². The average molecular weight is 537 g/mol. The summed E-state index contributed by atoms with van der Waals surface area (Å²) in [5.74, 6) is 6.92. The van der Waals surface area contributed by atoms with E-state index < -0.39 is 12.2 Å². The molecule has 7 nitrogen and oxygen atoms in total. The number of aryl methyl sites for hydroxylation is 1. The standard InChI is InChI=1S/C32H33FN6O/c1-19-11-20(7-8-21-12-24-9-10-25(13-21)38(24)2)14-28(35-19)32(40)37-30(27-15-22-5-3-4-6-26(22)36-27)31-29-16-23(33)17-39(29)18-34-31/h3-6,11,14-15,18,21,23-25,30,36H,9-10,12-13,16-17H2,1-2H3,(H,37,40)/t21?,23-,24-,25+,30?/m1/s1. The number of imidazole rings is 1. The molecule has 0 aliphatic carbocycles. The van der Waals surface area contributed by atoms with Gasteiger partial charge in [-0.3, -0.25) is 4.79 Å². The van der Waals surface area contributed by atoms with E-state index >= 15 is 0 Å². The number of piperidine rings is 1. The minimum Gasteiger partial charge on any atom is -0.356 e. The van der Waals surface area contributed by atoms with Crippen LogP contribution in [0.4, 0.5) is 4.39 Å². The summed E-state index contributed by atoms with van der Waals surface area (Å²) in [6, 6.07) is 14.4. The number of nitrogens with one attached hydrogen (secondary N) is 2. The fraction of sp³-hybridized carbons (Fsp3) is 0.406. The van der Waals surface area contributed by atoms with E-state index in [9.17, 15) is 9.18 Å². The number of carbonyl (C=O) groups is 1. The van der Waals surface area contributed by atoms with E-state index in [0.29, 0.717) is 29.4 Å². The van der Waals surface area contributed by atoms with Crippen LogP contribution in [0, 0.1) is 24.7 Å². The predicted molar refractivity (Wildman–Crippen MR) is 152 cm³/mol. The van der Waals surface area contributed by atoms with Gasteiger partial charge in [-0.2, -0.15) is 0 Å². The molecule has 40 heavy (non-hydrogen) atoms. The van der Waals surface area contributed by atoms with Crippen molar-refractivity contribution in [3.05, 3.63) is 82.8 Å². The number of aromatic amines is 1. The van der Waals surface area contributed by atoms with Gasteiger partial charge in [0.1, 0.15) is 17.9 Å². The average Bonchev–Trinajstić information content (AvgIpc) is 3.67. The summed E-state index contributed by atoms with van der Waals surface area (Å²) >= 11 is 0. The number of benzene rings is 1. The van der Waals surface area contributed by atoms with Crippen molar-refractivity contribution >= 4 is 16.8 Å². The number of fused-ring (bicyclic) bond motifs is 4. The minimum absolute atomic E-state index is 0.281. The second-order valence-corrected chi connectivity index (χ2v) is 11.6. The Morgan fingerprint density at radius 2 is 1.98 bits per heavy atom. The maximum atomic E-state index is 14.3. The molecule has 7 rings (SSSR count). The fourth-order valence-electron chi connectivity index (χ4n) is 6.85. The van der Waals surface area contributed by atoms with Crippen LogP contribution in [-0.4, -0.2) is 55.6 Å². The molecule has 0 radical (unpaired) electrons. The van der Waals surface area contributed by atoms with Crippen LogP contribution in [0.1, 0.15) is 70.6 Å². The van der Waals surface area contributed by atoms with Crippen molar-refractivity contribution in [2.75, 3.05) is 7.05 Å². The van der Waals surface area contributed by atoms with Crippen molar-refractivity contribution in [2.45, 2.75) is 69.9 Å². The number of para-hydroxylation sites is 1. The Morgan fingerprint density at radius 1 is 1.18 bits per heavy atom. The Bertz CT molecular complexity index is 1610. The van der Waals surface area contributed by atoms with Gasteiger partial charge in [0.2, 0.25) is 0 Å². The normalized spacial score (nSPS) is 24.5. The highest BCUT2D eigenvalue weighted by atomic mass is 19.1. The fourth-order valence-corrected chi connectivity index (χ4v) is 6.85. The van der Waals surface area contributed by atoms with E-state index in [-0.39, 0.29) is 18.9 Å². The summed E-state index contributed by atoms with van der Waals surface area (Å²) in [4.78, 5) is 28.8. The molecule has 2 unspecified atom stereocenters. The molecule has 204 valence electrons. The van der Waals surface area contributed by atoms with E-state index in [1.165, 1.54) is 12.8 Å². The summed E-state index contributed by atoms with van der Waals surface area (Å²) in [6.07, 6.45) is 5.75. The second kappa shape index (κ2) is 9.90. The van der Waals surface area contributed by atoms with Crippen LogP contribution in [-0.2, 0) is 13.0 Å². The van der Waals surface area contributed by atoms with Crippen LogP contribution in [0.3, 0.4) is 0 Å². The van der Waals surface area contributed by atoms with E-state index in [1.54, 1.807) is 12.4 Å². The number of amides is 1. The van der Waals surface area contributed by atoms with E-state index in [0.717, 1.165) is 46.4 Å². The number of pyridine rings is 1. The Kier molecular flexibility index (Phi) is 6.20. The molecular weight excluding hydrogens is 503 g/mol. The molecule has 2 bridgehead atoms. The highest BCUT2D eigenvalue weighted by Crippen LogP contribution is 2.37. The lowest BCUT2D eigenvalue weighted by Crippen LogP contribution is -2.39. The van der Waals surface area contributed by atoms with Gasteiger partial charge in [-0.05, 0) is 69.3 Å². The van der Waals surface area contributed by atoms with Crippen LogP contribution in [0.2, 0.25) is 0 Å². The maximum absolute atomic E-state index is 14.3. The Labute approximate surface area is 233 Å². The first-order chi connectivity index (χ1) is 19.4. The quantitative estimate of drug-likeness (QED) is 0.371. The van der Waals surface area contributed by atoms with Crippen molar-refractivity contribution in [3.8, 4) is 11.8 Å².